The Morgan fingerprint density at radius 2 is 2.25 bits per heavy atom. The fraction of sp³-hybridized carbons (Fsp3) is 1.00. The highest BCUT2D eigenvalue weighted by Gasteiger charge is 2.24. The van der Waals surface area contributed by atoms with Crippen molar-refractivity contribution in [1.29, 1.82) is 0 Å². The maximum atomic E-state index is 5.62. The van der Waals surface area contributed by atoms with Gasteiger partial charge in [-0.3, -0.25) is 4.90 Å². The number of likely N-dealkylation sites (tertiary alicyclic amines) is 1. The molecular weight excluding hydrogens is 152 g/mol. The minimum Gasteiger partial charge on any atom is -0.377 e. The van der Waals surface area contributed by atoms with Crippen LogP contribution < -0.4 is 5.73 Å². The first-order valence-electron chi connectivity index (χ1n) is 4.83. The van der Waals surface area contributed by atoms with Gasteiger partial charge in [-0.25, -0.2) is 0 Å². The fourth-order valence-electron chi connectivity index (χ4n) is 1.77. The summed E-state index contributed by atoms with van der Waals surface area (Å²) in [5.41, 5.74) is 5.62. The Morgan fingerprint density at radius 3 is 2.83 bits per heavy atom. The van der Waals surface area contributed by atoms with Crippen molar-refractivity contribution in [2.24, 2.45) is 5.73 Å². The van der Waals surface area contributed by atoms with Gasteiger partial charge in [0.2, 0.25) is 0 Å². The number of piperidine rings is 1. The van der Waals surface area contributed by atoms with Gasteiger partial charge in [-0.15, -0.1) is 0 Å². The lowest BCUT2D eigenvalue weighted by Gasteiger charge is -2.36. The van der Waals surface area contributed by atoms with Crippen LogP contribution in [0.25, 0.3) is 0 Å². The second-order valence-corrected chi connectivity index (χ2v) is 3.46. The highest BCUT2D eigenvalue weighted by molar-refractivity contribution is 4.78. The quantitative estimate of drug-likeness (QED) is 0.684. The normalized spacial score (nSPS) is 32.2. The highest BCUT2D eigenvalue weighted by Crippen LogP contribution is 2.17. The number of hydrogen-bond acceptors (Lipinski definition) is 3. The van der Waals surface area contributed by atoms with E-state index >= 15 is 0 Å². The molecule has 1 aliphatic rings. The third-order valence-electron chi connectivity index (χ3n) is 2.60. The van der Waals surface area contributed by atoms with E-state index in [4.69, 9.17) is 10.5 Å². The molecular formula is C9H20N2O. The van der Waals surface area contributed by atoms with Gasteiger partial charge in [0.15, 0.2) is 0 Å². The third kappa shape index (κ3) is 2.44. The minimum absolute atomic E-state index is 0.412. The number of ether oxygens (including phenoxy) is 1. The Balaban J connectivity index is 2.33. The molecule has 0 unspecified atom stereocenters. The van der Waals surface area contributed by atoms with Crippen molar-refractivity contribution in [3.05, 3.63) is 0 Å². The van der Waals surface area contributed by atoms with E-state index in [0.717, 1.165) is 13.2 Å². The topological polar surface area (TPSA) is 38.5 Å². The van der Waals surface area contributed by atoms with Crippen LogP contribution in [0.3, 0.4) is 0 Å². The summed E-state index contributed by atoms with van der Waals surface area (Å²) in [5, 5.41) is 0. The summed E-state index contributed by atoms with van der Waals surface area (Å²) in [7, 11) is 0. The SMILES string of the molecule is CCO[C@H]1CC[C@H](C)N(CN)C1. The summed E-state index contributed by atoms with van der Waals surface area (Å²) in [6.45, 7) is 6.76. The van der Waals surface area contributed by atoms with Crippen molar-refractivity contribution in [2.75, 3.05) is 19.8 Å². The molecule has 0 radical (unpaired) electrons. The van der Waals surface area contributed by atoms with Crippen LogP contribution in [0.2, 0.25) is 0 Å². The van der Waals surface area contributed by atoms with Crippen LogP contribution in [0, 0.1) is 0 Å². The Hall–Kier alpha value is -0.120. The van der Waals surface area contributed by atoms with Crippen molar-refractivity contribution in [2.45, 2.75) is 38.8 Å². The summed E-state index contributed by atoms with van der Waals surface area (Å²) in [5.74, 6) is 0. The van der Waals surface area contributed by atoms with Crippen LogP contribution >= 0.6 is 0 Å². The summed E-state index contributed by atoms with van der Waals surface area (Å²) in [6.07, 6.45) is 2.81. The van der Waals surface area contributed by atoms with Crippen LogP contribution in [-0.4, -0.2) is 36.9 Å². The lowest BCUT2D eigenvalue weighted by Crippen LogP contribution is -2.47. The molecule has 12 heavy (non-hydrogen) atoms. The first-order valence-corrected chi connectivity index (χ1v) is 4.83. The molecule has 0 aromatic rings. The molecule has 3 nitrogen and oxygen atoms in total. The molecule has 1 rings (SSSR count). The van der Waals surface area contributed by atoms with E-state index in [2.05, 4.69) is 11.8 Å². The molecule has 0 saturated carbocycles. The Kier molecular flexibility index (Phi) is 3.98. The molecule has 1 heterocycles. The number of rotatable bonds is 3. The molecule has 2 atom stereocenters. The molecule has 1 saturated heterocycles. The van der Waals surface area contributed by atoms with Gasteiger partial charge in [0.05, 0.1) is 6.10 Å². The van der Waals surface area contributed by atoms with E-state index in [-0.39, 0.29) is 0 Å². The molecule has 0 aromatic carbocycles. The lowest BCUT2D eigenvalue weighted by atomic mass is 10.0. The average molecular weight is 172 g/mol. The van der Waals surface area contributed by atoms with Crippen LogP contribution in [0.15, 0.2) is 0 Å². The van der Waals surface area contributed by atoms with Gasteiger partial charge in [-0.2, -0.15) is 0 Å². The Bertz CT molecular complexity index is 130. The molecule has 0 spiro atoms. The smallest absolute Gasteiger partial charge is 0.0703 e. The summed E-state index contributed by atoms with van der Waals surface area (Å²) < 4.78 is 5.57. The van der Waals surface area contributed by atoms with E-state index in [1.807, 2.05) is 6.92 Å². The first-order chi connectivity index (χ1) is 5.77. The maximum absolute atomic E-state index is 5.62. The van der Waals surface area contributed by atoms with Crippen molar-refractivity contribution < 1.29 is 4.74 Å². The van der Waals surface area contributed by atoms with Crippen molar-refractivity contribution in [1.82, 2.24) is 4.90 Å². The predicted octanol–water partition coefficient (Wildman–Crippen LogP) is 0.792. The molecule has 3 heteroatoms. The molecule has 0 aliphatic carbocycles. The van der Waals surface area contributed by atoms with Gasteiger partial charge in [-0.1, -0.05) is 0 Å². The molecule has 72 valence electrons. The van der Waals surface area contributed by atoms with Crippen molar-refractivity contribution in [3.8, 4) is 0 Å². The van der Waals surface area contributed by atoms with Gasteiger partial charge in [0, 0.05) is 25.9 Å². The van der Waals surface area contributed by atoms with Crippen LogP contribution in [-0.2, 0) is 4.74 Å². The number of nitrogens with two attached hydrogens (primary N) is 1. The number of nitrogens with zero attached hydrogens (tertiary/aromatic N) is 1. The molecule has 0 amide bonds. The minimum atomic E-state index is 0.412. The van der Waals surface area contributed by atoms with E-state index in [1.165, 1.54) is 12.8 Å². The molecule has 0 bridgehead atoms. The average Bonchev–Trinajstić information content (AvgIpc) is 2.09. The molecule has 2 N–H and O–H groups in total. The molecule has 1 fully saturated rings. The van der Waals surface area contributed by atoms with Gasteiger partial charge in [-0.05, 0) is 26.7 Å². The third-order valence-corrected chi connectivity index (χ3v) is 2.60. The zero-order valence-corrected chi connectivity index (χ0v) is 8.12. The second kappa shape index (κ2) is 4.80. The van der Waals surface area contributed by atoms with E-state index in [1.54, 1.807) is 0 Å². The molecule has 1 aliphatic heterocycles. The monoisotopic (exact) mass is 172 g/mol. The highest BCUT2D eigenvalue weighted by atomic mass is 16.5. The largest absolute Gasteiger partial charge is 0.377 e. The van der Waals surface area contributed by atoms with Crippen LogP contribution in [0.1, 0.15) is 26.7 Å². The Labute approximate surface area is 74.9 Å². The van der Waals surface area contributed by atoms with Crippen molar-refractivity contribution in [3.63, 3.8) is 0 Å². The van der Waals surface area contributed by atoms with E-state index < -0.39 is 0 Å². The van der Waals surface area contributed by atoms with Gasteiger partial charge < -0.3 is 10.5 Å². The summed E-state index contributed by atoms with van der Waals surface area (Å²) >= 11 is 0. The molecule has 0 aromatic heterocycles. The predicted molar refractivity (Wildman–Crippen MR) is 49.9 cm³/mol. The fourth-order valence-corrected chi connectivity index (χ4v) is 1.77. The summed E-state index contributed by atoms with van der Waals surface area (Å²) in [4.78, 5) is 2.28. The van der Waals surface area contributed by atoms with Gasteiger partial charge >= 0.3 is 0 Å². The van der Waals surface area contributed by atoms with E-state index in [9.17, 15) is 0 Å². The second-order valence-electron chi connectivity index (χ2n) is 3.46. The van der Waals surface area contributed by atoms with Crippen LogP contribution in [0.4, 0.5) is 0 Å². The van der Waals surface area contributed by atoms with Gasteiger partial charge in [0.25, 0.3) is 0 Å². The first kappa shape index (κ1) is 9.96. The zero-order valence-electron chi connectivity index (χ0n) is 8.12. The maximum Gasteiger partial charge on any atom is 0.0703 e. The zero-order chi connectivity index (χ0) is 8.97. The Morgan fingerprint density at radius 1 is 1.50 bits per heavy atom. The van der Waals surface area contributed by atoms with Crippen LogP contribution in [0.5, 0.6) is 0 Å². The number of hydrogen-bond donors (Lipinski definition) is 1. The van der Waals surface area contributed by atoms with Gasteiger partial charge in [0.1, 0.15) is 0 Å². The lowest BCUT2D eigenvalue weighted by molar-refractivity contribution is -0.0107. The van der Waals surface area contributed by atoms with E-state index in [0.29, 0.717) is 18.8 Å². The standard InChI is InChI=1S/C9H20N2O/c1-3-12-9-5-4-8(2)11(6-9)7-10/h8-9H,3-7,10H2,1-2H3/t8-,9-/m0/s1. The summed E-state index contributed by atoms with van der Waals surface area (Å²) in [6, 6.07) is 0.631. The van der Waals surface area contributed by atoms with Crippen molar-refractivity contribution >= 4 is 0 Å².